The average Bonchev–Trinajstić information content (AvgIpc) is 3.41. The quantitative estimate of drug-likeness (QED) is 0.0420. The Morgan fingerprint density at radius 2 is 0.600 bits per heavy atom. The maximum absolute atomic E-state index is 12.5. The van der Waals surface area contributed by atoms with Gasteiger partial charge >= 0.3 is 0 Å². The first kappa shape index (κ1) is 71.3. The minimum atomic E-state index is -0.881. The fourth-order valence-electron chi connectivity index (χ4n) is 8.81. The highest BCUT2D eigenvalue weighted by molar-refractivity contribution is 5.76. The second-order valence-electron chi connectivity index (χ2n) is 20.7. The Bertz CT molecular complexity index is 1550. The molecule has 3 N–H and O–H groups in total. The maximum atomic E-state index is 12.5. The molecule has 0 aromatic rings. The van der Waals surface area contributed by atoms with Gasteiger partial charge in [0, 0.05) is 6.42 Å². The molecule has 0 rings (SSSR count). The molecule has 2 unspecified atom stereocenters. The molecule has 0 spiro atoms. The van der Waals surface area contributed by atoms with E-state index in [4.69, 9.17) is 0 Å². The number of allylic oxidation sites excluding steroid dienone is 23. The van der Waals surface area contributed by atoms with E-state index in [1.807, 2.05) is 6.08 Å². The lowest BCUT2D eigenvalue weighted by Gasteiger charge is -2.19. The lowest BCUT2D eigenvalue weighted by Crippen LogP contribution is -2.45. The molecule has 4 heteroatoms. The van der Waals surface area contributed by atoms with Crippen molar-refractivity contribution < 1.29 is 15.0 Å². The number of aliphatic hydroxyl groups excluding tert-OH is 2. The van der Waals surface area contributed by atoms with E-state index in [1.54, 1.807) is 6.08 Å². The molecule has 75 heavy (non-hydrogen) atoms. The first-order valence-electron chi connectivity index (χ1n) is 31.5. The van der Waals surface area contributed by atoms with E-state index in [2.05, 4.69) is 153 Å². The van der Waals surface area contributed by atoms with Gasteiger partial charge in [-0.25, -0.2) is 0 Å². The number of aliphatic hydroxyl groups is 2. The van der Waals surface area contributed by atoms with Gasteiger partial charge in [0.2, 0.25) is 5.91 Å². The summed E-state index contributed by atoms with van der Waals surface area (Å²) >= 11 is 0. The van der Waals surface area contributed by atoms with Crippen molar-refractivity contribution in [1.82, 2.24) is 5.32 Å². The standard InChI is InChI=1S/C71H119NO3/c1-3-5-7-9-11-13-15-17-19-21-23-25-27-29-31-32-33-34-35-36-37-38-39-40-41-43-45-47-49-51-53-55-57-59-61-63-65-67-71(75)72-69(68-73)70(74)66-64-62-60-58-56-54-52-50-48-46-44-42-30-28-26-24-22-20-18-16-14-12-10-8-6-4-2/h5,7,11,13,17,19,23,25,29,31,33-34,36-37,39-40,43,45,49,51,56,58,64,66,69-70,73-74H,3-4,6,8-10,12,14-16,18,20-22,24,26-28,30,32,35,38,41-42,44,46-48,50,52-55,57,59-63,65,67-68H2,1-2H3,(H,72,75)/b7-5-,13-11-,19-17-,25-23-,31-29-,34-33-,37-36-,40-39-,45-43-,51-49-,58-56+,66-64+. The maximum Gasteiger partial charge on any atom is 0.220 e. The Morgan fingerprint density at radius 3 is 0.933 bits per heavy atom. The number of hydrogen-bond donors (Lipinski definition) is 3. The molecule has 0 aromatic heterocycles. The van der Waals surface area contributed by atoms with Crippen LogP contribution < -0.4 is 5.32 Å². The highest BCUT2D eigenvalue weighted by Gasteiger charge is 2.18. The first-order valence-corrected chi connectivity index (χ1v) is 31.5. The minimum Gasteiger partial charge on any atom is -0.394 e. The minimum absolute atomic E-state index is 0.0924. The summed E-state index contributed by atoms with van der Waals surface area (Å²) < 4.78 is 0. The van der Waals surface area contributed by atoms with Crippen molar-refractivity contribution in [1.29, 1.82) is 0 Å². The number of nitrogens with one attached hydrogen (secondary N) is 1. The molecule has 0 radical (unpaired) electrons. The van der Waals surface area contributed by atoms with Gasteiger partial charge < -0.3 is 15.5 Å². The fourth-order valence-corrected chi connectivity index (χ4v) is 8.81. The summed E-state index contributed by atoms with van der Waals surface area (Å²) in [5, 5.41) is 23.2. The van der Waals surface area contributed by atoms with Gasteiger partial charge in [-0.3, -0.25) is 4.79 Å². The van der Waals surface area contributed by atoms with Crippen LogP contribution in [0.4, 0.5) is 0 Å². The van der Waals surface area contributed by atoms with Crippen molar-refractivity contribution in [2.24, 2.45) is 0 Å². The van der Waals surface area contributed by atoms with Crippen molar-refractivity contribution in [2.75, 3.05) is 6.61 Å². The molecule has 0 aliphatic rings. The Morgan fingerprint density at radius 1 is 0.333 bits per heavy atom. The smallest absolute Gasteiger partial charge is 0.220 e. The van der Waals surface area contributed by atoms with E-state index in [-0.39, 0.29) is 12.5 Å². The van der Waals surface area contributed by atoms with Crippen LogP contribution in [-0.4, -0.2) is 34.9 Å². The van der Waals surface area contributed by atoms with Crippen molar-refractivity contribution in [2.45, 2.75) is 289 Å². The zero-order valence-corrected chi connectivity index (χ0v) is 49.0. The van der Waals surface area contributed by atoms with Crippen LogP contribution in [-0.2, 0) is 4.79 Å². The summed E-state index contributed by atoms with van der Waals surface area (Å²) in [5.41, 5.74) is 0. The Balaban J connectivity index is 3.66. The summed E-state index contributed by atoms with van der Waals surface area (Å²) in [5.74, 6) is -0.0924. The normalized spacial score (nSPS) is 13.8. The highest BCUT2D eigenvalue weighted by atomic mass is 16.3. The van der Waals surface area contributed by atoms with Gasteiger partial charge in [-0.2, -0.15) is 0 Å². The fraction of sp³-hybridized carbons (Fsp3) is 0.648. The highest BCUT2D eigenvalue weighted by Crippen LogP contribution is 2.16. The largest absolute Gasteiger partial charge is 0.394 e. The van der Waals surface area contributed by atoms with E-state index < -0.39 is 12.1 Å². The van der Waals surface area contributed by atoms with Gasteiger partial charge in [0.1, 0.15) is 0 Å². The van der Waals surface area contributed by atoms with Crippen molar-refractivity contribution in [3.05, 3.63) is 146 Å². The third-order valence-electron chi connectivity index (χ3n) is 13.6. The van der Waals surface area contributed by atoms with Crippen LogP contribution in [0.1, 0.15) is 277 Å². The number of unbranched alkanes of at least 4 members (excludes halogenated alkanes) is 27. The lowest BCUT2D eigenvalue weighted by molar-refractivity contribution is -0.123. The van der Waals surface area contributed by atoms with Crippen LogP contribution in [0.3, 0.4) is 0 Å². The number of hydrogen-bond acceptors (Lipinski definition) is 3. The predicted molar refractivity (Wildman–Crippen MR) is 335 cm³/mol. The molecule has 4 nitrogen and oxygen atoms in total. The van der Waals surface area contributed by atoms with Gasteiger partial charge in [0.25, 0.3) is 0 Å². The molecule has 0 saturated carbocycles. The molecule has 2 atom stereocenters. The number of rotatable bonds is 56. The molecule has 0 bridgehead atoms. The zero-order chi connectivity index (χ0) is 54.1. The van der Waals surface area contributed by atoms with Gasteiger partial charge in [-0.1, -0.05) is 307 Å². The van der Waals surface area contributed by atoms with E-state index in [0.29, 0.717) is 6.42 Å². The third kappa shape index (κ3) is 61.0. The van der Waals surface area contributed by atoms with Gasteiger partial charge in [-0.05, 0) is 109 Å². The molecule has 426 valence electrons. The van der Waals surface area contributed by atoms with Crippen molar-refractivity contribution >= 4 is 5.91 Å². The van der Waals surface area contributed by atoms with Crippen LogP contribution in [0.15, 0.2) is 146 Å². The van der Waals surface area contributed by atoms with E-state index >= 15 is 0 Å². The van der Waals surface area contributed by atoms with Crippen molar-refractivity contribution in [3.63, 3.8) is 0 Å². The summed E-state index contributed by atoms with van der Waals surface area (Å²) in [6.07, 6.45) is 102. The van der Waals surface area contributed by atoms with Gasteiger partial charge in [0.15, 0.2) is 0 Å². The SMILES string of the molecule is CC/C=C\C/C=C\C/C=C\C/C=C\C/C=C\C/C=C\C/C=C\C/C=C\C/C=C\C/C=C\CCCCCCCCC(=O)NC(CO)C(O)/C=C/CC/C=C/CCCCCCCCCCCCCCCCCCCCCC. The summed E-state index contributed by atoms with van der Waals surface area (Å²) in [6.45, 7) is 4.19. The molecule has 1 amide bonds. The van der Waals surface area contributed by atoms with E-state index in [9.17, 15) is 15.0 Å². The monoisotopic (exact) mass is 1030 g/mol. The predicted octanol–water partition coefficient (Wildman–Crippen LogP) is 21.5. The lowest BCUT2D eigenvalue weighted by atomic mass is 10.0. The molecule has 0 aliphatic heterocycles. The summed E-state index contributed by atoms with van der Waals surface area (Å²) in [7, 11) is 0. The molecular weight excluding hydrogens is 915 g/mol. The Kier molecular flexibility index (Phi) is 61.3. The van der Waals surface area contributed by atoms with E-state index in [0.717, 1.165) is 109 Å². The van der Waals surface area contributed by atoms with Crippen LogP contribution in [0.2, 0.25) is 0 Å². The van der Waals surface area contributed by atoms with Crippen molar-refractivity contribution in [3.8, 4) is 0 Å². The molecule has 0 fully saturated rings. The summed E-state index contributed by atoms with van der Waals surface area (Å²) in [6, 6.07) is -0.660. The summed E-state index contributed by atoms with van der Waals surface area (Å²) in [4.78, 5) is 12.5. The van der Waals surface area contributed by atoms with E-state index in [1.165, 1.54) is 148 Å². The molecule has 0 aliphatic carbocycles. The number of carbonyl (C=O) groups is 1. The Labute approximate surface area is 465 Å². The topological polar surface area (TPSA) is 69.6 Å². The van der Waals surface area contributed by atoms with Crippen LogP contribution >= 0.6 is 0 Å². The molecule has 0 saturated heterocycles. The average molecular weight is 1030 g/mol. The third-order valence-corrected chi connectivity index (χ3v) is 13.6. The molecule has 0 aromatic carbocycles. The van der Waals surface area contributed by atoms with Crippen LogP contribution in [0.5, 0.6) is 0 Å². The Hall–Kier alpha value is -3.73. The number of amides is 1. The number of carbonyl (C=O) groups excluding carboxylic acids is 1. The molecule has 0 heterocycles. The van der Waals surface area contributed by atoms with Gasteiger partial charge in [-0.15, -0.1) is 0 Å². The second-order valence-corrected chi connectivity index (χ2v) is 20.7. The van der Waals surface area contributed by atoms with Crippen LogP contribution in [0.25, 0.3) is 0 Å². The zero-order valence-electron chi connectivity index (χ0n) is 49.0. The second kappa shape index (κ2) is 64.6. The van der Waals surface area contributed by atoms with Crippen LogP contribution in [0, 0.1) is 0 Å². The molecular formula is C71H119NO3. The van der Waals surface area contributed by atoms with Gasteiger partial charge in [0.05, 0.1) is 18.8 Å². The first-order chi connectivity index (χ1) is 37.2.